The number of sulfonamides is 1. The van der Waals surface area contributed by atoms with Crippen molar-refractivity contribution in [2.45, 2.75) is 50.7 Å². The van der Waals surface area contributed by atoms with Gasteiger partial charge in [0.05, 0.1) is 15.6 Å². The number of benzene rings is 3. The van der Waals surface area contributed by atoms with E-state index in [4.69, 9.17) is 46.4 Å². The van der Waals surface area contributed by atoms with Gasteiger partial charge in [0.1, 0.15) is 12.6 Å². The normalized spacial score (nSPS) is 12.5. The van der Waals surface area contributed by atoms with Crippen LogP contribution in [0.25, 0.3) is 0 Å². The van der Waals surface area contributed by atoms with Crippen LogP contribution in [0.2, 0.25) is 20.1 Å². The van der Waals surface area contributed by atoms with Crippen LogP contribution in [0.1, 0.15) is 33.3 Å². The summed E-state index contributed by atoms with van der Waals surface area (Å²) < 4.78 is 28.6. The molecule has 40 heavy (non-hydrogen) atoms. The predicted octanol–water partition coefficient (Wildman–Crippen LogP) is 6.83. The van der Waals surface area contributed by atoms with Crippen molar-refractivity contribution in [3.63, 3.8) is 0 Å². The summed E-state index contributed by atoms with van der Waals surface area (Å²) in [5.41, 5.74) is -0.121. The van der Waals surface area contributed by atoms with E-state index in [2.05, 4.69) is 5.32 Å². The second-order valence-corrected chi connectivity index (χ2v) is 13.6. The molecule has 3 aromatic carbocycles. The maximum atomic E-state index is 14.0. The maximum Gasteiger partial charge on any atom is 0.264 e. The number of amides is 2. The van der Waals surface area contributed by atoms with E-state index in [9.17, 15) is 18.0 Å². The topological polar surface area (TPSA) is 86.8 Å². The molecule has 12 heteroatoms. The van der Waals surface area contributed by atoms with Crippen LogP contribution in [-0.2, 0) is 26.2 Å². The second-order valence-electron chi connectivity index (χ2n) is 10.1. The molecule has 0 saturated carbocycles. The minimum atomic E-state index is -4.28. The van der Waals surface area contributed by atoms with E-state index in [1.807, 2.05) is 20.8 Å². The molecular weight excluding hydrogens is 616 g/mol. The zero-order valence-electron chi connectivity index (χ0n) is 22.3. The largest absolute Gasteiger partial charge is 0.350 e. The van der Waals surface area contributed by atoms with Crippen molar-refractivity contribution >= 4 is 73.9 Å². The van der Waals surface area contributed by atoms with Gasteiger partial charge in [-0.2, -0.15) is 0 Å². The second kappa shape index (κ2) is 13.0. The van der Waals surface area contributed by atoms with Crippen LogP contribution in [-0.4, -0.2) is 43.3 Å². The van der Waals surface area contributed by atoms with Gasteiger partial charge < -0.3 is 10.2 Å². The molecule has 2 amide bonds. The predicted molar refractivity (Wildman–Crippen MR) is 162 cm³/mol. The minimum Gasteiger partial charge on any atom is -0.350 e. The molecule has 0 aliphatic rings. The first-order valence-corrected chi connectivity index (χ1v) is 15.1. The SMILES string of the molecule is CC(C(=O)NC(C)(C)C)N(Cc1c(Cl)cccc1Cl)C(=O)CN(c1ccc(Cl)cc1Cl)S(=O)(=O)c1ccccc1. The van der Waals surface area contributed by atoms with Crippen molar-refractivity contribution in [2.75, 3.05) is 10.8 Å². The van der Waals surface area contributed by atoms with E-state index in [-0.39, 0.29) is 22.2 Å². The number of anilines is 1. The molecule has 0 aliphatic heterocycles. The first-order valence-electron chi connectivity index (χ1n) is 12.2. The summed E-state index contributed by atoms with van der Waals surface area (Å²) in [5.74, 6) is -1.12. The van der Waals surface area contributed by atoms with Gasteiger partial charge in [0.15, 0.2) is 0 Å². The fourth-order valence-corrected chi connectivity index (χ4v) is 6.36. The number of halogens is 4. The molecule has 1 N–H and O–H groups in total. The Morgan fingerprint density at radius 1 is 0.875 bits per heavy atom. The van der Waals surface area contributed by atoms with Crippen molar-refractivity contribution in [2.24, 2.45) is 0 Å². The van der Waals surface area contributed by atoms with Gasteiger partial charge in [-0.3, -0.25) is 13.9 Å². The number of carbonyl (C=O) groups excluding carboxylic acids is 2. The number of nitrogens with zero attached hydrogens (tertiary/aromatic N) is 2. The fraction of sp³-hybridized carbons (Fsp3) is 0.286. The highest BCUT2D eigenvalue weighted by Crippen LogP contribution is 2.33. The van der Waals surface area contributed by atoms with Gasteiger partial charge in [-0.25, -0.2) is 8.42 Å². The fourth-order valence-electron chi connectivity index (χ4n) is 3.83. The molecule has 1 atom stereocenters. The standard InChI is InChI=1S/C28H29Cl4N3O4S/c1-18(27(37)33-28(2,3)4)34(16-21-22(30)11-8-12-23(21)31)26(36)17-35(25-14-13-19(29)15-24(25)32)40(38,39)20-9-6-5-7-10-20/h5-15,18H,16-17H2,1-4H3,(H,33,37). The third-order valence-electron chi connectivity index (χ3n) is 5.84. The van der Waals surface area contributed by atoms with Crippen molar-refractivity contribution in [1.29, 1.82) is 0 Å². The highest BCUT2D eigenvalue weighted by molar-refractivity contribution is 7.92. The molecular formula is C28H29Cl4N3O4S. The average Bonchev–Trinajstić information content (AvgIpc) is 2.86. The number of carbonyl (C=O) groups is 2. The first kappa shape index (κ1) is 32.0. The van der Waals surface area contributed by atoms with Gasteiger partial charge >= 0.3 is 0 Å². The minimum absolute atomic E-state index is 0.0269. The van der Waals surface area contributed by atoms with Gasteiger partial charge in [0.2, 0.25) is 11.8 Å². The van der Waals surface area contributed by atoms with Crippen molar-refractivity contribution in [3.05, 3.63) is 92.4 Å². The zero-order chi connectivity index (χ0) is 29.8. The van der Waals surface area contributed by atoms with E-state index in [1.54, 1.807) is 43.3 Å². The Morgan fingerprint density at radius 3 is 2.02 bits per heavy atom. The number of hydrogen-bond donors (Lipinski definition) is 1. The van der Waals surface area contributed by atoms with Crippen LogP contribution < -0.4 is 9.62 Å². The van der Waals surface area contributed by atoms with E-state index < -0.39 is 40.0 Å². The molecule has 0 heterocycles. The van der Waals surface area contributed by atoms with Crippen LogP contribution in [0.15, 0.2) is 71.6 Å². The van der Waals surface area contributed by atoms with Crippen molar-refractivity contribution in [1.82, 2.24) is 10.2 Å². The molecule has 1 unspecified atom stereocenters. The summed E-state index contributed by atoms with van der Waals surface area (Å²) in [5, 5.41) is 3.77. The Hall–Kier alpha value is -2.49. The quantitative estimate of drug-likeness (QED) is 0.277. The maximum absolute atomic E-state index is 14.0. The van der Waals surface area contributed by atoms with E-state index in [1.165, 1.54) is 35.2 Å². The van der Waals surface area contributed by atoms with E-state index in [0.717, 1.165) is 4.31 Å². The summed E-state index contributed by atoms with van der Waals surface area (Å²) in [4.78, 5) is 28.4. The molecule has 0 aromatic heterocycles. The van der Waals surface area contributed by atoms with Gasteiger partial charge in [0.25, 0.3) is 10.0 Å². The summed E-state index contributed by atoms with van der Waals surface area (Å²) >= 11 is 25.3. The molecule has 0 radical (unpaired) electrons. The third kappa shape index (κ3) is 7.83. The monoisotopic (exact) mass is 643 g/mol. The Morgan fingerprint density at radius 2 is 1.48 bits per heavy atom. The van der Waals surface area contributed by atoms with Gasteiger partial charge in [0, 0.05) is 32.7 Å². The van der Waals surface area contributed by atoms with Crippen LogP contribution >= 0.6 is 46.4 Å². The zero-order valence-corrected chi connectivity index (χ0v) is 26.1. The molecule has 214 valence electrons. The Labute approximate surface area is 255 Å². The highest BCUT2D eigenvalue weighted by Gasteiger charge is 2.34. The van der Waals surface area contributed by atoms with E-state index in [0.29, 0.717) is 20.6 Å². The lowest BCUT2D eigenvalue weighted by atomic mass is 10.1. The Bertz CT molecular complexity index is 1470. The van der Waals surface area contributed by atoms with Crippen LogP contribution in [0, 0.1) is 0 Å². The first-order chi connectivity index (χ1) is 18.6. The lowest BCUT2D eigenvalue weighted by Gasteiger charge is -2.34. The Kier molecular flexibility index (Phi) is 10.4. The van der Waals surface area contributed by atoms with Crippen LogP contribution in [0.5, 0.6) is 0 Å². The highest BCUT2D eigenvalue weighted by atomic mass is 35.5. The molecule has 3 aromatic rings. The number of hydrogen-bond acceptors (Lipinski definition) is 4. The number of rotatable bonds is 9. The average molecular weight is 645 g/mol. The lowest BCUT2D eigenvalue weighted by molar-refractivity contribution is -0.140. The summed E-state index contributed by atoms with van der Waals surface area (Å²) in [6.07, 6.45) is 0. The van der Waals surface area contributed by atoms with Gasteiger partial charge in [-0.1, -0.05) is 70.7 Å². The van der Waals surface area contributed by atoms with E-state index >= 15 is 0 Å². The molecule has 0 saturated heterocycles. The lowest BCUT2D eigenvalue weighted by Crippen LogP contribution is -2.54. The van der Waals surface area contributed by atoms with Crippen molar-refractivity contribution in [3.8, 4) is 0 Å². The Balaban J connectivity index is 2.10. The van der Waals surface area contributed by atoms with Crippen LogP contribution in [0.4, 0.5) is 5.69 Å². The summed E-state index contributed by atoms with van der Waals surface area (Å²) in [7, 11) is -4.28. The molecule has 7 nitrogen and oxygen atoms in total. The number of nitrogens with one attached hydrogen (secondary N) is 1. The smallest absolute Gasteiger partial charge is 0.264 e. The van der Waals surface area contributed by atoms with Gasteiger partial charge in [-0.15, -0.1) is 0 Å². The summed E-state index contributed by atoms with van der Waals surface area (Å²) in [6.45, 7) is 6.16. The molecule has 0 bridgehead atoms. The summed E-state index contributed by atoms with van der Waals surface area (Å²) in [6, 6.07) is 15.8. The molecule has 3 rings (SSSR count). The molecule has 0 aliphatic carbocycles. The van der Waals surface area contributed by atoms with Crippen LogP contribution in [0.3, 0.4) is 0 Å². The molecule has 0 spiro atoms. The van der Waals surface area contributed by atoms with Gasteiger partial charge in [-0.05, 0) is 70.2 Å². The molecule has 0 fully saturated rings. The third-order valence-corrected chi connectivity index (χ3v) is 8.86. The van der Waals surface area contributed by atoms with Crippen molar-refractivity contribution < 1.29 is 18.0 Å².